The Balaban J connectivity index is 2.30. The monoisotopic (exact) mass is 340 g/mol. The Hall–Kier alpha value is 0.765. The summed E-state index contributed by atoms with van der Waals surface area (Å²) in [5.41, 5.74) is 0.395. The predicted molar refractivity (Wildman–Crippen MR) is 109 cm³/mol. The molecule has 0 radical (unpaired) electrons. The molecule has 22 heavy (non-hydrogen) atoms. The molecule has 2 rings (SSSR count). The molecule has 128 valence electrons. The molecule has 0 saturated heterocycles. The summed E-state index contributed by atoms with van der Waals surface area (Å²) in [4.78, 5) is 0. The topological polar surface area (TPSA) is 0 Å². The molecule has 0 spiro atoms. The maximum Gasteiger partial charge on any atom is 0.111 e. The molecule has 4 atom stereocenters. The summed E-state index contributed by atoms with van der Waals surface area (Å²) in [5, 5.41) is 0.935. The van der Waals surface area contributed by atoms with Crippen molar-refractivity contribution in [3.8, 4) is 0 Å². The van der Waals surface area contributed by atoms with Gasteiger partial charge in [0.05, 0.1) is 0 Å². The largest absolute Gasteiger partial charge is 0.176 e. The van der Waals surface area contributed by atoms with Crippen molar-refractivity contribution in [2.45, 2.75) is 107 Å². The molecule has 2 aliphatic carbocycles. The van der Waals surface area contributed by atoms with Crippen LogP contribution in [0.25, 0.3) is 0 Å². The lowest BCUT2D eigenvalue weighted by Crippen LogP contribution is -2.49. The Morgan fingerprint density at radius 1 is 0.864 bits per heavy atom. The van der Waals surface area contributed by atoms with E-state index in [9.17, 15) is 0 Å². The first kappa shape index (κ1) is 19.1. The van der Waals surface area contributed by atoms with E-state index in [0.29, 0.717) is 16.0 Å². The summed E-state index contributed by atoms with van der Waals surface area (Å²) in [6.07, 6.45) is 14.7. The van der Waals surface area contributed by atoms with Gasteiger partial charge >= 0.3 is 0 Å². The Morgan fingerprint density at radius 2 is 1.45 bits per heavy atom. The van der Waals surface area contributed by atoms with Crippen LogP contribution in [0, 0.1) is 11.3 Å². The van der Waals surface area contributed by atoms with Crippen LogP contribution in [0.4, 0.5) is 0 Å². The predicted octanol–water partition coefficient (Wildman–Crippen LogP) is 5.73. The SMILES string of the molecule is BC12CCCC(S)C(C)CCCC1(S)CCCCCC2(C)C. The maximum absolute atomic E-state index is 5.42. The minimum atomic E-state index is 0.222. The number of hydrogen-bond acceptors (Lipinski definition) is 2. The second-order valence-electron chi connectivity index (χ2n) is 9.14. The molecule has 2 saturated carbocycles. The van der Waals surface area contributed by atoms with Gasteiger partial charge < -0.3 is 0 Å². The Labute approximate surface area is 151 Å². The van der Waals surface area contributed by atoms with Crippen molar-refractivity contribution in [1.82, 2.24) is 0 Å². The minimum Gasteiger partial charge on any atom is -0.176 e. The highest BCUT2D eigenvalue weighted by Gasteiger charge is 2.53. The summed E-state index contributed by atoms with van der Waals surface area (Å²) in [6, 6.07) is 0. The van der Waals surface area contributed by atoms with E-state index in [1.165, 1.54) is 70.6 Å². The molecule has 4 unspecified atom stereocenters. The zero-order valence-electron chi connectivity index (χ0n) is 15.3. The van der Waals surface area contributed by atoms with Crippen molar-refractivity contribution in [3.63, 3.8) is 0 Å². The van der Waals surface area contributed by atoms with Crippen LogP contribution in [-0.4, -0.2) is 17.8 Å². The highest BCUT2D eigenvalue weighted by atomic mass is 32.1. The first-order valence-electron chi connectivity index (χ1n) is 9.62. The van der Waals surface area contributed by atoms with Gasteiger partial charge in [-0.15, -0.1) is 0 Å². The molecule has 0 heterocycles. The zero-order valence-corrected chi connectivity index (χ0v) is 17.1. The van der Waals surface area contributed by atoms with Gasteiger partial charge in [-0.05, 0) is 48.8 Å². The van der Waals surface area contributed by atoms with Gasteiger partial charge in [0.25, 0.3) is 0 Å². The van der Waals surface area contributed by atoms with Crippen molar-refractivity contribution in [2.24, 2.45) is 11.3 Å². The minimum absolute atomic E-state index is 0.222. The zero-order chi connectivity index (χ0) is 16.4. The van der Waals surface area contributed by atoms with Crippen LogP contribution < -0.4 is 0 Å². The van der Waals surface area contributed by atoms with Gasteiger partial charge in [0.15, 0.2) is 0 Å². The molecule has 0 aromatic carbocycles. The van der Waals surface area contributed by atoms with Gasteiger partial charge in [-0.25, -0.2) is 0 Å². The van der Waals surface area contributed by atoms with E-state index < -0.39 is 0 Å². The second kappa shape index (κ2) is 7.34. The lowest BCUT2D eigenvalue weighted by atomic mass is 9.43. The molecule has 0 amide bonds. The van der Waals surface area contributed by atoms with Gasteiger partial charge in [-0.3, -0.25) is 0 Å². The van der Waals surface area contributed by atoms with E-state index in [-0.39, 0.29) is 4.75 Å². The molecule has 0 N–H and O–H groups in total. The molecule has 0 bridgehead atoms. The van der Waals surface area contributed by atoms with E-state index in [1.807, 2.05) is 0 Å². The van der Waals surface area contributed by atoms with Crippen molar-refractivity contribution in [2.75, 3.05) is 0 Å². The van der Waals surface area contributed by atoms with Crippen LogP contribution in [0.1, 0.15) is 91.4 Å². The summed E-state index contributed by atoms with van der Waals surface area (Å²) in [5.74, 6) is 0.756. The van der Waals surface area contributed by atoms with Gasteiger partial charge in [0.2, 0.25) is 0 Å². The molecule has 0 aliphatic heterocycles. The molecular formula is C19H37BS2. The standard InChI is InChI=1S/C19H37BS2/c1-15-9-7-13-18(22)12-6-4-5-11-17(2,3)19(18,20)14-8-10-16(15)21/h15-16,21-22H,4-14,20H2,1-3H3. The molecule has 0 nitrogen and oxygen atoms in total. The van der Waals surface area contributed by atoms with Crippen molar-refractivity contribution in [1.29, 1.82) is 0 Å². The number of rotatable bonds is 0. The quantitative estimate of drug-likeness (QED) is 0.408. The third-order valence-electron chi connectivity index (χ3n) is 7.50. The van der Waals surface area contributed by atoms with E-state index in [1.54, 1.807) is 0 Å². The lowest BCUT2D eigenvalue weighted by molar-refractivity contribution is 0.119. The van der Waals surface area contributed by atoms with E-state index in [4.69, 9.17) is 25.3 Å². The van der Waals surface area contributed by atoms with Crippen LogP contribution in [-0.2, 0) is 0 Å². The molecule has 0 aromatic heterocycles. The lowest BCUT2D eigenvalue weighted by Gasteiger charge is -2.58. The van der Waals surface area contributed by atoms with Gasteiger partial charge in [0, 0.05) is 10.00 Å². The van der Waals surface area contributed by atoms with Crippen molar-refractivity contribution < 1.29 is 0 Å². The van der Waals surface area contributed by atoms with Crippen LogP contribution in [0.3, 0.4) is 0 Å². The van der Waals surface area contributed by atoms with Gasteiger partial charge in [-0.1, -0.05) is 59.3 Å². The molecule has 2 fully saturated rings. The van der Waals surface area contributed by atoms with E-state index >= 15 is 0 Å². The molecule has 0 aromatic rings. The van der Waals surface area contributed by atoms with Gasteiger partial charge in [-0.2, -0.15) is 25.3 Å². The summed E-state index contributed by atoms with van der Waals surface area (Å²) in [7, 11) is 2.57. The molecule has 3 heteroatoms. The number of hydrogen-bond donors (Lipinski definition) is 2. The first-order chi connectivity index (χ1) is 10.2. The summed E-state index contributed by atoms with van der Waals surface area (Å²) < 4.78 is 0.222. The summed E-state index contributed by atoms with van der Waals surface area (Å²) in [6.45, 7) is 7.44. The highest BCUT2D eigenvalue weighted by Crippen LogP contribution is 2.63. The molecular weight excluding hydrogens is 303 g/mol. The third kappa shape index (κ3) is 3.71. The average Bonchev–Trinajstić information content (AvgIpc) is 2.44. The number of fused-ring (bicyclic) bond motifs is 1. The second-order valence-corrected chi connectivity index (χ2v) is 10.7. The third-order valence-corrected chi connectivity index (χ3v) is 9.20. The summed E-state index contributed by atoms with van der Waals surface area (Å²) >= 11 is 10.3. The average molecular weight is 340 g/mol. The maximum atomic E-state index is 5.42. The smallest absolute Gasteiger partial charge is 0.111 e. The Morgan fingerprint density at radius 3 is 2.18 bits per heavy atom. The Bertz CT molecular complexity index is 370. The van der Waals surface area contributed by atoms with E-state index in [2.05, 4.69) is 28.6 Å². The fourth-order valence-electron chi connectivity index (χ4n) is 5.17. The van der Waals surface area contributed by atoms with Gasteiger partial charge in [0.1, 0.15) is 7.85 Å². The first-order valence-corrected chi connectivity index (χ1v) is 10.6. The van der Waals surface area contributed by atoms with Crippen molar-refractivity contribution >= 4 is 33.1 Å². The Kier molecular flexibility index (Phi) is 6.37. The van der Waals surface area contributed by atoms with Crippen LogP contribution >= 0.6 is 25.3 Å². The van der Waals surface area contributed by atoms with E-state index in [0.717, 1.165) is 5.92 Å². The van der Waals surface area contributed by atoms with Crippen LogP contribution in [0.15, 0.2) is 0 Å². The fraction of sp³-hybridized carbons (Fsp3) is 1.00. The fourth-order valence-corrected chi connectivity index (χ4v) is 6.24. The van der Waals surface area contributed by atoms with Crippen LogP contribution in [0.2, 0.25) is 5.31 Å². The molecule has 2 aliphatic rings. The highest BCUT2D eigenvalue weighted by molar-refractivity contribution is 7.82. The van der Waals surface area contributed by atoms with Crippen LogP contribution in [0.5, 0.6) is 0 Å². The number of thiol groups is 2. The van der Waals surface area contributed by atoms with Crippen molar-refractivity contribution in [3.05, 3.63) is 0 Å². The normalized spacial score (nSPS) is 44.4.